The molecule has 1 aromatic heterocycles. The average Bonchev–Trinajstić information content (AvgIpc) is 2.73. The number of fused-ring (bicyclic) bond motifs is 1. The Balaban J connectivity index is 1.46. The summed E-state index contributed by atoms with van der Waals surface area (Å²) < 4.78 is 28.9. The number of hydrogen-bond acceptors (Lipinski definition) is 5. The van der Waals surface area contributed by atoms with Crippen molar-refractivity contribution in [2.45, 2.75) is 6.92 Å². The number of aromatic nitrogens is 1. The molecular weight excluding hydrogens is 426 g/mol. The molecule has 4 rings (SSSR count). The van der Waals surface area contributed by atoms with Crippen molar-refractivity contribution in [3.05, 3.63) is 40.5 Å². The minimum Gasteiger partial charge on any atom is -0.336 e. The highest BCUT2D eigenvalue weighted by Crippen LogP contribution is 2.22. The second kappa shape index (κ2) is 8.39. The number of halogens is 1. The van der Waals surface area contributed by atoms with Gasteiger partial charge in [-0.3, -0.25) is 9.78 Å². The van der Waals surface area contributed by atoms with Gasteiger partial charge in [0, 0.05) is 62.8 Å². The first-order chi connectivity index (χ1) is 14.3. The molecule has 0 unspecified atom stereocenters. The van der Waals surface area contributed by atoms with E-state index < -0.39 is 10.2 Å². The monoisotopic (exact) mass is 451 g/mol. The molecule has 2 aliphatic heterocycles. The highest BCUT2D eigenvalue weighted by molar-refractivity contribution is 7.86. The van der Waals surface area contributed by atoms with Crippen LogP contribution in [-0.2, 0) is 10.2 Å². The van der Waals surface area contributed by atoms with Gasteiger partial charge in [-0.15, -0.1) is 0 Å². The molecule has 0 aliphatic carbocycles. The SMILES string of the molecule is Cc1nc2ccc(Cl)cc2cc1C(=O)N1CCN(S(=O)(=O)N2CCN(C)CC2)CC1. The smallest absolute Gasteiger partial charge is 0.282 e. The van der Waals surface area contributed by atoms with Crippen molar-refractivity contribution in [1.82, 2.24) is 23.4 Å². The molecule has 3 heterocycles. The highest BCUT2D eigenvalue weighted by Gasteiger charge is 2.35. The fourth-order valence-electron chi connectivity index (χ4n) is 3.93. The molecule has 1 aromatic carbocycles. The molecule has 1 amide bonds. The van der Waals surface area contributed by atoms with Crippen LogP contribution >= 0.6 is 11.6 Å². The molecule has 2 saturated heterocycles. The van der Waals surface area contributed by atoms with Crippen LogP contribution < -0.4 is 0 Å². The van der Waals surface area contributed by atoms with Gasteiger partial charge in [0.2, 0.25) is 0 Å². The van der Waals surface area contributed by atoms with E-state index in [0.717, 1.165) is 24.0 Å². The molecule has 2 aliphatic rings. The first-order valence-corrected chi connectivity index (χ1v) is 11.8. The number of amides is 1. The Morgan fingerprint density at radius 3 is 2.20 bits per heavy atom. The Morgan fingerprint density at radius 1 is 0.967 bits per heavy atom. The minimum absolute atomic E-state index is 0.126. The summed E-state index contributed by atoms with van der Waals surface area (Å²) in [5, 5.41) is 1.40. The molecule has 8 nitrogen and oxygen atoms in total. The Labute approximate surface area is 182 Å². The average molecular weight is 452 g/mol. The van der Waals surface area contributed by atoms with Crippen LogP contribution in [0.1, 0.15) is 16.1 Å². The van der Waals surface area contributed by atoms with Gasteiger partial charge in [-0.1, -0.05) is 11.6 Å². The molecule has 0 spiro atoms. The summed E-state index contributed by atoms with van der Waals surface area (Å²) in [5.74, 6) is -0.126. The van der Waals surface area contributed by atoms with Crippen molar-refractivity contribution < 1.29 is 13.2 Å². The quantitative estimate of drug-likeness (QED) is 0.705. The van der Waals surface area contributed by atoms with Gasteiger partial charge in [0.05, 0.1) is 16.8 Å². The number of pyridine rings is 1. The van der Waals surface area contributed by atoms with Gasteiger partial charge in [0.1, 0.15) is 0 Å². The first kappa shape index (κ1) is 21.5. The zero-order valence-electron chi connectivity index (χ0n) is 17.2. The number of benzene rings is 1. The van der Waals surface area contributed by atoms with E-state index in [1.807, 2.05) is 26.1 Å². The largest absolute Gasteiger partial charge is 0.336 e. The van der Waals surface area contributed by atoms with Crippen LogP contribution in [0, 0.1) is 6.92 Å². The maximum Gasteiger partial charge on any atom is 0.282 e. The Hall–Kier alpha value is -1.78. The molecule has 162 valence electrons. The first-order valence-electron chi connectivity index (χ1n) is 10.1. The van der Waals surface area contributed by atoms with Gasteiger partial charge >= 0.3 is 0 Å². The van der Waals surface area contributed by atoms with E-state index in [-0.39, 0.29) is 5.91 Å². The van der Waals surface area contributed by atoms with Gasteiger partial charge in [0.15, 0.2) is 0 Å². The van der Waals surface area contributed by atoms with E-state index >= 15 is 0 Å². The van der Waals surface area contributed by atoms with E-state index in [2.05, 4.69) is 9.88 Å². The zero-order valence-corrected chi connectivity index (χ0v) is 18.8. The molecule has 2 aromatic rings. The maximum atomic E-state index is 13.1. The van der Waals surface area contributed by atoms with Crippen molar-refractivity contribution >= 4 is 38.6 Å². The number of nitrogens with zero attached hydrogens (tertiary/aromatic N) is 5. The Kier molecular flexibility index (Phi) is 6.00. The normalized spacial score (nSPS) is 20.0. The second-order valence-electron chi connectivity index (χ2n) is 7.86. The van der Waals surface area contributed by atoms with Gasteiger partial charge in [-0.05, 0) is 38.2 Å². The fraction of sp³-hybridized carbons (Fsp3) is 0.500. The van der Waals surface area contributed by atoms with Crippen LogP contribution in [0.2, 0.25) is 5.02 Å². The lowest BCUT2D eigenvalue weighted by Crippen LogP contribution is -2.57. The lowest BCUT2D eigenvalue weighted by molar-refractivity contribution is 0.0691. The molecule has 0 N–H and O–H groups in total. The van der Waals surface area contributed by atoms with Crippen LogP contribution in [0.5, 0.6) is 0 Å². The number of aryl methyl sites for hydroxylation is 1. The van der Waals surface area contributed by atoms with Crippen LogP contribution in [0.25, 0.3) is 10.9 Å². The van der Waals surface area contributed by atoms with Crippen molar-refractivity contribution in [3.63, 3.8) is 0 Å². The third kappa shape index (κ3) is 4.17. The minimum atomic E-state index is -3.49. The molecule has 30 heavy (non-hydrogen) atoms. The lowest BCUT2D eigenvalue weighted by atomic mass is 10.1. The zero-order chi connectivity index (χ0) is 21.5. The molecule has 10 heteroatoms. The molecule has 2 fully saturated rings. The van der Waals surface area contributed by atoms with Crippen molar-refractivity contribution in [2.75, 3.05) is 59.4 Å². The number of rotatable bonds is 3. The summed E-state index contributed by atoms with van der Waals surface area (Å²) in [6.07, 6.45) is 0. The van der Waals surface area contributed by atoms with Crippen LogP contribution in [-0.4, -0.2) is 97.1 Å². The lowest BCUT2D eigenvalue weighted by Gasteiger charge is -2.39. The summed E-state index contributed by atoms with van der Waals surface area (Å²) in [5.41, 5.74) is 1.97. The third-order valence-corrected chi connectivity index (χ3v) is 8.11. The van der Waals surface area contributed by atoms with E-state index in [9.17, 15) is 13.2 Å². The third-order valence-electron chi connectivity index (χ3n) is 5.84. The fourth-order valence-corrected chi connectivity index (χ4v) is 5.69. The predicted octanol–water partition coefficient (Wildman–Crippen LogP) is 1.45. The number of likely N-dealkylation sites (N-methyl/N-ethyl adjacent to an activating group) is 1. The highest BCUT2D eigenvalue weighted by atomic mass is 35.5. The number of hydrogen-bond donors (Lipinski definition) is 0. The van der Waals surface area contributed by atoms with Gasteiger partial charge in [0.25, 0.3) is 16.1 Å². The van der Waals surface area contributed by atoms with E-state index in [0.29, 0.717) is 55.5 Å². The van der Waals surface area contributed by atoms with Crippen molar-refractivity contribution in [2.24, 2.45) is 0 Å². The Morgan fingerprint density at radius 2 is 1.57 bits per heavy atom. The van der Waals surface area contributed by atoms with Crippen LogP contribution in [0.15, 0.2) is 24.3 Å². The molecule has 0 saturated carbocycles. The Bertz CT molecular complexity index is 1060. The van der Waals surface area contributed by atoms with Gasteiger partial charge in [-0.25, -0.2) is 0 Å². The molecule has 0 atom stereocenters. The molecule has 0 radical (unpaired) electrons. The van der Waals surface area contributed by atoms with Crippen LogP contribution in [0.4, 0.5) is 0 Å². The summed E-state index contributed by atoms with van der Waals surface area (Å²) in [6.45, 7) is 5.60. The summed E-state index contributed by atoms with van der Waals surface area (Å²) in [7, 11) is -1.50. The maximum absolute atomic E-state index is 13.1. The summed E-state index contributed by atoms with van der Waals surface area (Å²) >= 11 is 6.08. The second-order valence-corrected chi connectivity index (χ2v) is 10.2. The number of carbonyl (C=O) groups is 1. The topological polar surface area (TPSA) is 77.1 Å². The number of piperazine rings is 2. The standard InChI is InChI=1S/C20H26ClN5O3S/c1-15-18(14-16-13-17(21)3-4-19(16)22-15)20(27)24-7-11-26(12-8-24)30(28,29)25-9-5-23(2)6-10-25/h3-4,13-14H,5-12H2,1-2H3. The molecular formula is C20H26ClN5O3S. The van der Waals surface area contributed by atoms with Gasteiger partial charge < -0.3 is 9.80 Å². The van der Waals surface area contributed by atoms with E-state index in [1.165, 1.54) is 4.31 Å². The summed E-state index contributed by atoms with van der Waals surface area (Å²) in [6, 6.07) is 7.22. The van der Waals surface area contributed by atoms with Gasteiger partial charge in [-0.2, -0.15) is 17.0 Å². The van der Waals surface area contributed by atoms with E-state index in [1.54, 1.807) is 21.3 Å². The summed E-state index contributed by atoms with van der Waals surface area (Å²) in [4.78, 5) is 21.5. The van der Waals surface area contributed by atoms with Crippen molar-refractivity contribution in [1.29, 1.82) is 0 Å². The number of carbonyl (C=O) groups excluding carboxylic acids is 1. The predicted molar refractivity (Wildman–Crippen MR) is 117 cm³/mol. The van der Waals surface area contributed by atoms with E-state index in [4.69, 9.17) is 11.6 Å². The molecule has 0 bridgehead atoms. The van der Waals surface area contributed by atoms with Crippen molar-refractivity contribution in [3.8, 4) is 0 Å². The van der Waals surface area contributed by atoms with Crippen LogP contribution in [0.3, 0.4) is 0 Å².